The number of carbonyl (C=O) groups is 1. The number of hydrogen-bond acceptors (Lipinski definition) is 4. The predicted octanol–water partition coefficient (Wildman–Crippen LogP) is 7.00. The molecule has 7 heteroatoms. The monoisotopic (exact) mass is 602 g/mol. The molecule has 0 unspecified atom stereocenters. The molecule has 1 aromatic carbocycles. The van der Waals surface area contributed by atoms with Gasteiger partial charge in [0, 0.05) is 23.9 Å². The normalized spacial score (nSPS) is 40.5. The summed E-state index contributed by atoms with van der Waals surface area (Å²) in [7, 11) is -2.06. The zero-order chi connectivity index (χ0) is 31.0. The minimum absolute atomic E-state index is 0.0211. The maximum absolute atomic E-state index is 14.8. The van der Waals surface area contributed by atoms with Gasteiger partial charge in [0.25, 0.3) is 11.1 Å². The van der Waals surface area contributed by atoms with E-state index in [2.05, 4.69) is 66.8 Å². The highest BCUT2D eigenvalue weighted by Gasteiger charge is 2.74. The minimum Gasteiger partial charge on any atom is -0.414 e. The van der Waals surface area contributed by atoms with E-state index in [-0.39, 0.29) is 56.8 Å². The number of benzene rings is 1. The van der Waals surface area contributed by atoms with Crippen molar-refractivity contribution in [3.63, 3.8) is 0 Å². The Labute approximate surface area is 257 Å². The van der Waals surface area contributed by atoms with Crippen molar-refractivity contribution >= 4 is 25.4 Å². The average molecular weight is 603 g/mol. The molecule has 3 saturated carbocycles. The first kappa shape index (κ1) is 29.5. The fourth-order valence-electron chi connectivity index (χ4n) is 11.1. The van der Waals surface area contributed by atoms with E-state index in [1.807, 2.05) is 33.6 Å². The van der Waals surface area contributed by atoms with Gasteiger partial charge in [0.1, 0.15) is 6.29 Å². The van der Waals surface area contributed by atoms with Crippen LogP contribution >= 0.6 is 0 Å². The molecular formula is C36H50N2O4Si. The minimum atomic E-state index is -2.06. The maximum atomic E-state index is 14.8. The molecule has 2 aromatic rings. The first-order valence-electron chi connectivity index (χ1n) is 16.7. The molecule has 2 spiro atoms. The second-order valence-electron chi connectivity index (χ2n) is 16.9. The van der Waals surface area contributed by atoms with Crippen molar-refractivity contribution in [3.8, 4) is 0 Å². The molecular weight excluding hydrogens is 552 g/mol. The second kappa shape index (κ2) is 8.93. The molecule has 43 heavy (non-hydrogen) atoms. The molecule has 8 rings (SSSR count). The van der Waals surface area contributed by atoms with Gasteiger partial charge in [-0.25, -0.2) is 9.36 Å². The Morgan fingerprint density at radius 2 is 1.58 bits per heavy atom. The van der Waals surface area contributed by atoms with E-state index in [0.717, 1.165) is 44.8 Å². The number of nitrogens with zero attached hydrogens (tertiary/aromatic N) is 2. The summed E-state index contributed by atoms with van der Waals surface area (Å²) in [6.07, 6.45) is 12.6. The first-order valence-corrected chi connectivity index (χ1v) is 19.6. The second-order valence-corrected chi connectivity index (χ2v) is 21.7. The fraction of sp³-hybridized carbons (Fsp3) is 0.694. The third kappa shape index (κ3) is 3.42. The molecule has 2 bridgehead atoms. The van der Waals surface area contributed by atoms with Crippen LogP contribution < -0.4 is 11.1 Å². The average Bonchev–Trinajstić information content (AvgIpc) is 3.32. The maximum Gasteiger partial charge on any atom is 0.274 e. The molecule has 2 aliphatic heterocycles. The summed E-state index contributed by atoms with van der Waals surface area (Å²) in [6.45, 7) is 18.4. The quantitative estimate of drug-likeness (QED) is 0.215. The molecule has 3 fully saturated rings. The van der Waals surface area contributed by atoms with E-state index >= 15 is 0 Å². The van der Waals surface area contributed by atoms with Crippen molar-refractivity contribution in [1.29, 1.82) is 0 Å². The third-order valence-corrected chi connectivity index (χ3v) is 18.8. The Morgan fingerprint density at radius 3 is 2.21 bits per heavy atom. The highest BCUT2D eigenvalue weighted by molar-refractivity contribution is 6.74. The van der Waals surface area contributed by atoms with Crippen molar-refractivity contribution in [1.82, 2.24) is 9.36 Å². The SMILES string of the molecule is C[C@H](C=O)[C@@H]1CC[C@H]2[C@]1(C)CC[C@H]1[C@]23C=C[C@@]2(C[C@H](O[Si](C)(C)C(C)(C)C)CC[C@]12C)n1c(=O)c2ccccc2c(=O)n13. The molecule has 6 aliphatic rings. The van der Waals surface area contributed by atoms with Gasteiger partial charge in [-0.2, -0.15) is 0 Å². The van der Waals surface area contributed by atoms with Crippen molar-refractivity contribution in [2.75, 3.05) is 0 Å². The van der Waals surface area contributed by atoms with E-state index in [1.165, 1.54) is 0 Å². The first-order chi connectivity index (χ1) is 20.1. The summed E-state index contributed by atoms with van der Waals surface area (Å²) in [6, 6.07) is 7.41. The lowest BCUT2D eigenvalue weighted by molar-refractivity contribution is -0.200. The molecule has 232 valence electrons. The molecule has 0 N–H and O–H groups in total. The van der Waals surface area contributed by atoms with Crippen LogP contribution in [0.15, 0.2) is 46.0 Å². The van der Waals surface area contributed by atoms with E-state index < -0.39 is 19.4 Å². The zero-order valence-corrected chi connectivity index (χ0v) is 28.4. The number of rotatable bonds is 4. The largest absolute Gasteiger partial charge is 0.414 e. The number of allylic oxidation sites excluding steroid dienone is 2. The van der Waals surface area contributed by atoms with Gasteiger partial charge >= 0.3 is 0 Å². The van der Waals surface area contributed by atoms with Crippen LogP contribution in [0.5, 0.6) is 0 Å². The van der Waals surface area contributed by atoms with E-state index in [1.54, 1.807) is 0 Å². The van der Waals surface area contributed by atoms with Crippen molar-refractivity contribution in [3.05, 3.63) is 57.1 Å². The molecule has 0 amide bonds. The van der Waals surface area contributed by atoms with Gasteiger partial charge in [0.05, 0.1) is 21.9 Å². The molecule has 0 saturated heterocycles. The van der Waals surface area contributed by atoms with Crippen LogP contribution in [0, 0.1) is 34.5 Å². The summed E-state index contributed by atoms with van der Waals surface area (Å²) in [5.74, 6) is 0.682. The molecule has 1 aromatic heterocycles. The van der Waals surface area contributed by atoms with Gasteiger partial charge in [0.15, 0.2) is 8.32 Å². The van der Waals surface area contributed by atoms with Gasteiger partial charge in [-0.05, 0) is 92.0 Å². The van der Waals surface area contributed by atoms with Crippen LogP contribution in [0.1, 0.15) is 86.5 Å². The van der Waals surface area contributed by atoms with Crippen molar-refractivity contribution in [2.24, 2.45) is 34.5 Å². The number of aromatic nitrogens is 2. The van der Waals surface area contributed by atoms with Crippen LogP contribution in [0.4, 0.5) is 0 Å². The van der Waals surface area contributed by atoms with E-state index in [9.17, 15) is 14.4 Å². The number of carbonyl (C=O) groups excluding carboxylic acids is 1. The highest BCUT2D eigenvalue weighted by atomic mass is 28.4. The Hall–Kier alpha value is -2.25. The van der Waals surface area contributed by atoms with Gasteiger partial charge in [0.2, 0.25) is 0 Å². The van der Waals surface area contributed by atoms with Crippen molar-refractivity contribution in [2.45, 2.75) is 122 Å². The molecule has 9 atom stereocenters. The van der Waals surface area contributed by atoms with Crippen LogP contribution in [0.25, 0.3) is 10.8 Å². The lowest BCUT2D eigenvalue weighted by Gasteiger charge is -2.72. The Bertz CT molecular complexity index is 1670. The van der Waals surface area contributed by atoms with Crippen LogP contribution in [-0.4, -0.2) is 30.1 Å². The molecule has 4 aliphatic carbocycles. The summed E-state index contributed by atoms with van der Waals surface area (Å²) in [5.41, 5.74) is -1.59. The van der Waals surface area contributed by atoms with Gasteiger partial charge < -0.3 is 9.22 Å². The fourth-order valence-corrected chi connectivity index (χ4v) is 12.5. The third-order valence-electron chi connectivity index (χ3n) is 14.2. The Morgan fingerprint density at radius 1 is 0.930 bits per heavy atom. The molecule has 0 radical (unpaired) electrons. The van der Waals surface area contributed by atoms with Crippen molar-refractivity contribution < 1.29 is 9.22 Å². The van der Waals surface area contributed by atoms with Gasteiger partial charge in [-0.1, -0.05) is 65.8 Å². The van der Waals surface area contributed by atoms with Crippen LogP contribution in [-0.2, 0) is 20.3 Å². The number of hydrogen-bond donors (Lipinski definition) is 0. The molecule has 6 nitrogen and oxygen atoms in total. The Balaban J connectivity index is 1.50. The lowest BCUT2D eigenvalue weighted by atomic mass is 9.40. The van der Waals surface area contributed by atoms with Crippen LogP contribution in [0.2, 0.25) is 18.1 Å². The summed E-state index contributed by atoms with van der Waals surface area (Å²) >= 11 is 0. The van der Waals surface area contributed by atoms with Gasteiger partial charge in [-0.3, -0.25) is 9.59 Å². The number of fused-ring (bicyclic) bond motifs is 2. The van der Waals surface area contributed by atoms with E-state index in [4.69, 9.17) is 4.43 Å². The van der Waals surface area contributed by atoms with E-state index in [0.29, 0.717) is 17.2 Å². The van der Waals surface area contributed by atoms with Crippen LogP contribution in [0.3, 0.4) is 0 Å². The highest BCUT2D eigenvalue weighted by Crippen LogP contribution is 2.74. The summed E-state index contributed by atoms with van der Waals surface area (Å²) in [5, 5.41) is 1.12. The van der Waals surface area contributed by atoms with Gasteiger partial charge in [-0.15, -0.1) is 0 Å². The standard InChI is InChI=1S/C36H50N2O4Si/c1-23(22-39)27-13-14-28-33(27,5)17-16-29-34(6)18-15-24(42-43(7,8)32(2,3)4)21-35(34)19-20-36(28,29)38-31(41)26-12-10-9-11-25(26)30(40)37(35)38/h9-12,19-20,22-24,27-29H,13-18,21H2,1-8H3/t23-,24-,27+,28+,29-,33-,34-,35+,36+/m1/s1. The summed E-state index contributed by atoms with van der Waals surface area (Å²) < 4.78 is 11.0. The topological polar surface area (TPSA) is 70.3 Å². The predicted molar refractivity (Wildman–Crippen MR) is 174 cm³/mol. The lowest BCUT2D eigenvalue weighted by Crippen LogP contribution is -2.78. The molecule has 3 heterocycles. The number of aldehydes is 1. The smallest absolute Gasteiger partial charge is 0.274 e. The summed E-state index contributed by atoms with van der Waals surface area (Å²) in [4.78, 5) is 41.7. The Kier molecular flexibility index (Phi) is 6.12. The zero-order valence-electron chi connectivity index (χ0n) is 27.4.